The number of nitrogens with zero attached hydrogens (tertiary/aromatic N) is 2. The molecular formula is C16H35IN4O2S. The highest BCUT2D eigenvalue weighted by molar-refractivity contribution is 14.0. The molecule has 0 bridgehead atoms. The van der Waals surface area contributed by atoms with E-state index in [2.05, 4.69) is 41.3 Å². The Bertz CT molecular complexity index is 441. The van der Waals surface area contributed by atoms with Crippen LogP contribution in [0.5, 0.6) is 0 Å². The van der Waals surface area contributed by atoms with Crippen molar-refractivity contribution in [2.24, 2.45) is 10.9 Å². The molecule has 0 aliphatic carbocycles. The first kappa shape index (κ1) is 23.9. The molecule has 0 saturated carbocycles. The number of rotatable bonds is 9. The number of aliphatic imine (C=N–C) groups is 1. The summed E-state index contributed by atoms with van der Waals surface area (Å²) >= 11 is 0. The lowest BCUT2D eigenvalue weighted by molar-refractivity contribution is 0.299. The van der Waals surface area contributed by atoms with Crippen LogP contribution in [-0.2, 0) is 9.84 Å². The first-order valence-electron chi connectivity index (χ1n) is 8.88. The first-order chi connectivity index (χ1) is 10.9. The summed E-state index contributed by atoms with van der Waals surface area (Å²) in [6.45, 7) is 11.2. The molecular weight excluding hydrogens is 439 g/mol. The summed E-state index contributed by atoms with van der Waals surface area (Å²) in [6.07, 6.45) is 3.61. The molecule has 1 rings (SSSR count). The van der Waals surface area contributed by atoms with Crippen LogP contribution in [0.1, 0.15) is 40.0 Å². The van der Waals surface area contributed by atoms with Crippen molar-refractivity contribution in [2.45, 2.75) is 40.0 Å². The summed E-state index contributed by atoms with van der Waals surface area (Å²) < 4.78 is 22.8. The van der Waals surface area contributed by atoms with Crippen molar-refractivity contribution < 1.29 is 8.42 Å². The van der Waals surface area contributed by atoms with E-state index in [0.29, 0.717) is 13.1 Å². The minimum Gasteiger partial charge on any atom is -0.357 e. The molecule has 0 atom stereocenters. The summed E-state index contributed by atoms with van der Waals surface area (Å²) in [4.78, 5) is 6.79. The molecule has 24 heavy (non-hydrogen) atoms. The molecule has 6 nitrogen and oxygen atoms in total. The van der Waals surface area contributed by atoms with E-state index in [1.807, 2.05) is 0 Å². The highest BCUT2D eigenvalue weighted by Crippen LogP contribution is 2.06. The van der Waals surface area contributed by atoms with E-state index in [-0.39, 0.29) is 35.5 Å². The standard InChI is InChI=1S/C16H34N4O2S.HI/c1-4-17-16(18-8-6-5-7-15(2)3)19-9-10-20-11-13-23(21,22)14-12-20;/h15H,4-14H2,1-3H3,(H2,17,18,19);1H. The topological polar surface area (TPSA) is 73.8 Å². The van der Waals surface area contributed by atoms with Crippen LogP contribution in [0.2, 0.25) is 0 Å². The van der Waals surface area contributed by atoms with Crippen molar-refractivity contribution in [2.75, 3.05) is 50.8 Å². The Morgan fingerprint density at radius 3 is 2.42 bits per heavy atom. The normalized spacial score (nSPS) is 18.2. The fourth-order valence-corrected chi connectivity index (χ4v) is 3.78. The summed E-state index contributed by atoms with van der Waals surface area (Å²) in [5.41, 5.74) is 0. The van der Waals surface area contributed by atoms with Gasteiger partial charge in [-0.05, 0) is 19.3 Å². The molecule has 8 heteroatoms. The van der Waals surface area contributed by atoms with Crippen molar-refractivity contribution in [3.8, 4) is 0 Å². The third kappa shape index (κ3) is 11.5. The van der Waals surface area contributed by atoms with Crippen molar-refractivity contribution in [3.63, 3.8) is 0 Å². The van der Waals surface area contributed by atoms with Gasteiger partial charge in [0.15, 0.2) is 15.8 Å². The molecule has 1 heterocycles. The van der Waals surface area contributed by atoms with Gasteiger partial charge < -0.3 is 10.6 Å². The van der Waals surface area contributed by atoms with Crippen LogP contribution >= 0.6 is 24.0 Å². The van der Waals surface area contributed by atoms with Crippen LogP contribution in [0.25, 0.3) is 0 Å². The molecule has 2 N–H and O–H groups in total. The number of nitrogens with one attached hydrogen (secondary N) is 2. The van der Waals surface area contributed by atoms with Crippen LogP contribution in [-0.4, -0.2) is 70.1 Å². The van der Waals surface area contributed by atoms with Crippen molar-refractivity contribution in [1.29, 1.82) is 0 Å². The van der Waals surface area contributed by atoms with Crippen LogP contribution < -0.4 is 10.6 Å². The Labute approximate surface area is 165 Å². The van der Waals surface area contributed by atoms with E-state index < -0.39 is 9.84 Å². The number of halogens is 1. The Kier molecular flexibility index (Phi) is 13.1. The molecule has 1 saturated heterocycles. The maximum atomic E-state index is 11.4. The minimum absolute atomic E-state index is 0. The molecule has 0 aromatic carbocycles. The second-order valence-corrected chi connectivity index (χ2v) is 8.87. The zero-order valence-corrected chi connectivity index (χ0v) is 18.5. The van der Waals surface area contributed by atoms with E-state index in [1.165, 1.54) is 12.8 Å². The van der Waals surface area contributed by atoms with Crippen LogP contribution in [0.3, 0.4) is 0 Å². The quantitative estimate of drug-likeness (QED) is 0.231. The summed E-state index contributed by atoms with van der Waals surface area (Å²) in [7, 11) is -2.79. The highest BCUT2D eigenvalue weighted by Gasteiger charge is 2.20. The van der Waals surface area contributed by atoms with Gasteiger partial charge in [-0.1, -0.05) is 26.7 Å². The first-order valence-corrected chi connectivity index (χ1v) is 10.7. The van der Waals surface area contributed by atoms with Crippen molar-refractivity contribution in [1.82, 2.24) is 15.5 Å². The lowest BCUT2D eigenvalue weighted by atomic mass is 10.1. The fraction of sp³-hybridized carbons (Fsp3) is 0.938. The van der Waals surface area contributed by atoms with Gasteiger partial charge in [0.25, 0.3) is 0 Å². The number of sulfone groups is 1. The molecule has 144 valence electrons. The van der Waals surface area contributed by atoms with E-state index in [0.717, 1.165) is 44.5 Å². The Balaban J connectivity index is 0.00000529. The molecule has 0 spiro atoms. The van der Waals surface area contributed by atoms with Gasteiger partial charge in [0, 0.05) is 39.3 Å². The smallest absolute Gasteiger partial charge is 0.191 e. The highest BCUT2D eigenvalue weighted by atomic mass is 127. The maximum Gasteiger partial charge on any atom is 0.191 e. The second kappa shape index (κ2) is 13.2. The van der Waals surface area contributed by atoms with Gasteiger partial charge in [-0.2, -0.15) is 0 Å². The van der Waals surface area contributed by atoms with Gasteiger partial charge in [-0.15, -0.1) is 24.0 Å². The molecule has 1 aliphatic rings. The van der Waals surface area contributed by atoms with E-state index in [4.69, 9.17) is 0 Å². The molecule has 1 fully saturated rings. The number of hydrogen-bond donors (Lipinski definition) is 2. The largest absolute Gasteiger partial charge is 0.357 e. The predicted molar refractivity (Wildman–Crippen MR) is 113 cm³/mol. The summed E-state index contributed by atoms with van der Waals surface area (Å²) in [5.74, 6) is 2.20. The predicted octanol–water partition coefficient (Wildman–Crippen LogP) is 1.72. The van der Waals surface area contributed by atoms with Gasteiger partial charge in [-0.25, -0.2) is 8.42 Å². The van der Waals surface area contributed by atoms with Gasteiger partial charge in [-0.3, -0.25) is 9.89 Å². The Morgan fingerprint density at radius 1 is 1.17 bits per heavy atom. The number of unbranched alkanes of at least 4 members (excludes halogenated alkanes) is 1. The minimum atomic E-state index is -2.79. The molecule has 0 radical (unpaired) electrons. The van der Waals surface area contributed by atoms with E-state index >= 15 is 0 Å². The van der Waals surface area contributed by atoms with Gasteiger partial charge in [0.1, 0.15) is 0 Å². The zero-order chi connectivity index (χ0) is 17.1. The monoisotopic (exact) mass is 474 g/mol. The Morgan fingerprint density at radius 2 is 1.83 bits per heavy atom. The van der Waals surface area contributed by atoms with Gasteiger partial charge >= 0.3 is 0 Å². The third-order valence-electron chi connectivity index (χ3n) is 3.96. The third-order valence-corrected chi connectivity index (χ3v) is 5.57. The van der Waals surface area contributed by atoms with Crippen molar-refractivity contribution >= 4 is 39.8 Å². The van der Waals surface area contributed by atoms with Crippen LogP contribution in [0.15, 0.2) is 4.99 Å². The maximum absolute atomic E-state index is 11.4. The van der Waals surface area contributed by atoms with E-state index in [1.54, 1.807) is 0 Å². The molecule has 0 amide bonds. The van der Waals surface area contributed by atoms with Crippen molar-refractivity contribution in [3.05, 3.63) is 0 Å². The molecule has 0 unspecified atom stereocenters. The average Bonchev–Trinajstić information content (AvgIpc) is 2.48. The lowest BCUT2D eigenvalue weighted by Crippen LogP contribution is -2.46. The fourth-order valence-electron chi connectivity index (χ4n) is 2.50. The second-order valence-electron chi connectivity index (χ2n) is 6.57. The lowest BCUT2D eigenvalue weighted by Gasteiger charge is -2.26. The summed E-state index contributed by atoms with van der Waals surface area (Å²) in [6, 6.07) is 0. The summed E-state index contributed by atoms with van der Waals surface area (Å²) in [5, 5.41) is 6.59. The van der Waals surface area contributed by atoms with Gasteiger partial charge in [0.2, 0.25) is 0 Å². The zero-order valence-electron chi connectivity index (χ0n) is 15.4. The van der Waals surface area contributed by atoms with Gasteiger partial charge in [0.05, 0.1) is 11.5 Å². The Hall–Kier alpha value is -0.0900. The average molecular weight is 474 g/mol. The van der Waals surface area contributed by atoms with Crippen LogP contribution in [0.4, 0.5) is 0 Å². The van der Waals surface area contributed by atoms with E-state index in [9.17, 15) is 8.42 Å². The number of hydrogen-bond acceptors (Lipinski definition) is 4. The molecule has 1 aliphatic heterocycles. The number of guanidine groups is 1. The molecule has 0 aromatic heterocycles. The molecule has 0 aromatic rings. The van der Waals surface area contributed by atoms with Crippen LogP contribution in [0, 0.1) is 5.92 Å². The SMILES string of the molecule is CCNC(=NCCCCC(C)C)NCCN1CCS(=O)(=O)CC1.I.